The summed E-state index contributed by atoms with van der Waals surface area (Å²) < 4.78 is 27.5. The van der Waals surface area contributed by atoms with Gasteiger partial charge in [0.2, 0.25) is 4.93 Å². The van der Waals surface area contributed by atoms with Crippen molar-refractivity contribution in [3.63, 3.8) is 0 Å². The molecule has 1 aromatic carbocycles. The van der Waals surface area contributed by atoms with Gasteiger partial charge in [-0.2, -0.15) is 0 Å². The van der Waals surface area contributed by atoms with E-state index in [0.29, 0.717) is 11.1 Å². The fourth-order valence-electron chi connectivity index (χ4n) is 2.64. The van der Waals surface area contributed by atoms with E-state index in [9.17, 15) is 23.4 Å². The first-order valence-electron chi connectivity index (χ1n) is 7.68. The summed E-state index contributed by atoms with van der Waals surface area (Å²) in [6, 6.07) is 13.5. The Hall–Kier alpha value is -2.97. The zero-order chi connectivity index (χ0) is 18.8. The van der Waals surface area contributed by atoms with Crippen molar-refractivity contribution in [3.05, 3.63) is 78.5 Å². The van der Waals surface area contributed by atoms with Gasteiger partial charge in [0, 0.05) is 6.20 Å². The standard InChI is InChI=1S/C18H16N2O5S/c21-17(22)15-12-14(13-6-2-1-3-7-13)9-10-18(15,23)26(24,25)20-16-8-4-5-11-19-16/h1-12,15,23H,(H,19,20)(H,21,22). The number of nitrogens with one attached hydrogen (secondary N) is 1. The molecule has 7 nitrogen and oxygen atoms in total. The highest BCUT2D eigenvalue weighted by Crippen LogP contribution is 2.36. The highest BCUT2D eigenvalue weighted by Gasteiger charge is 2.51. The predicted octanol–water partition coefficient (Wildman–Crippen LogP) is 1.87. The van der Waals surface area contributed by atoms with Crippen LogP contribution in [0.1, 0.15) is 5.56 Å². The molecule has 0 spiro atoms. The van der Waals surface area contributed by atoms with Gasteiger partial charge < -0.3 is 10.2 Å². The average molecular weight is 372 g/mol. The number of pyridine rings is 1. The van der Waals surface area contributed by atoms with Crippen LogP contribution in [0.3, 0.4) is 0 Å². The van der Waals surface area contributed by atoms with Gasteiger partial charge in [-0.1, -0.05) is 48.6 Å². The van der Waals surface area contributed by atoms with Crippen LogP contribution in [0.4, 0.5) is 5.82 Å². The fourth-order valence-corrected chi connectivity index (χ4v) is 3.95. The van der Waals surface area contributed by atoms with Crippen molar-refractivity contribution in [2.75, 3.05) is 4.72 Å². The quantitative estimate of drug-likeness (QED) is 0.738. The zero-order valence-corrected chi connectivity index (χ0v) is 14.3. The fraction of sp³-hybridized carbons (Fsp3) is 0.111. The highest BCUT2D eigenvalue weighted by molar-refractivity contribution is 7.94. The molecule has 0 aliphatic heterocycles. The van der Waals surface area contributed by atoms with E-state index in [-0.39, 0.29) is 5.82 Å². The number of allylic oxidation sites excluding steroid dienone is 2. The summed E-state index contributed by atoms with van der Waals surface area (Å²) in [6.45, 7) is 0. The van der Waals surface area contributed by atoms with Crippen LogP contribution in [0, 0.1) is 5.92 Å². The Morgan fingerprint density at radius 1 is 1.12 bits per heavy atom. The molecule has 0 radical (unpaired) electrons. The molecule has 3 rings (SSSR count). The molecule has 1 heterocycles. The van der Waals surface area contributed by atoms with Crippen LogP contribution < -0.4 is 4.72 Å². The van der Waals surface area contributed by atoms with Crippen LogP contribution >= 0.6 is 0 Å². The van der Waals surface area contributed by atoms with Crippen molar-refractivity contribution >= 4 is 27.4 Å². The van der Waals surface area contributed by atoms with E-state index in [1.165, 1.54) is 24.4 Å². The monoisotopic (exact) mass is 372 g/mol. The van der Waals surface area contributed by atoms with Gasteiger partial charge >= 0.3 is 5.97 Å². The number of carbonyl (C=O) groups is 1. The number of hydrogen-bond donors (Lipinski definition) is 3. The van der Waals surface area contributed by atoms with E-state index in [4.69, 9.17) is 0 Å². The van der Waals surface area contributed by atoms with E-state index in [0.717, 1.165) is 6.08 Å². The van der Waals surface area contributed by atoms with E-state index in [1.807, 2.05) is 6.07 Å². The lowest BCUT2D eigenvalue weighted by Gasteiger charge is -2.31. The first-order valence-corrected chi connectivity index (χ1v) is 9.17. The summed E-state index contributed by atoms with van der Waals surface area (Å²) in [4.78, 5) is 12.9. The van der Waals surface area contributed by atoms with Gasteiger partial charge in [0.05, 0.1) is 0 Å². The molecule has 1 aliphatic carbocycles. The van der Waals surface area contributed by atoms with Crippen LogP contribution in [0.15, 0.2) is 73.0 Å². The normalized spacial score (nSPS) is 22.5. The number of nitrogens with zero attached hydrogens (tertiary/aromatic N) is 1. The SMILES string of the molecule is O=C(O)C1C=C(c2ccccc2)C=CC1(O)S(=O)(=O)Nc1ccccn1. The maximum atomic E-state index is 12.7. The highest BCUT2D eigenvalue weighted by atomic mass is 32.2. The molecule has 1 aromatic heterocycles. The minimum absolute atomic E-state index is 0.0173. The molecule has 0 amide bonds. The van der Waals surface area contributed by atoms with Crippen LogP contribution in [-0.2, 0) is 14.8 Å². The Balaban J connectivity index is 2.00. The number of aromatic nitrogens is 1. The maximum Gasteiger partial charge on any atom is 0.314 e. The van der Waals surface area contributed by atoms with E-state index in [1.54, 1.807) is 36.4 Å². The van der Waals surface area contributed by atoms with E-state index in [2.05, 4.69) is 9.71 Å². The molecule has 3 N–H and O–H groups in total. The molecule has 0 saturated carbocycles. The Morgan fingerprint density at radius 2 is 1.81 bits per heavy atom. The zero-order valence-electron chi connectivity index (χ0n) is 13.5. The molecule has 2 aromatic rings. The van der Waals surface area contributed by atoms with Crippen molar-refractivity contribution in [2.24, 2.45) is 5.92 Å². The lowest BCUT2D eigenvalue weighted by molar-refractivity contribution is -0.143. The maximum absolute atomic E-state index is 12.7. The number of carboxylic acid groups (broad SMARTS) is 1. The first-order chi connectivity index (χ1) is 12.3. The molecular weight excluding hydrogens is 356 g/mol. The molecule has 134 valence electrons. The molecule has 0 saturated heterocycles. The van der Waals surface area contributed by atoms with E-state index < -0.39 is 26.8 Å². The van der Waals surface area contributed by atoms with Crippen molar-refractivity contribution in [1.29, 1.82) is 0 Å². The van der Waals surface area contributed by atoms with Crippen LogP contribution in [0.2, 0.25) is 0 Å². The number of rotatable bonds is 5. The van der Waals surface area contributed by atoms with Gasteiger partial charge in [0.15, 0.2) is 0 Å². The Labute approximate surface area is 150 Å². The van der Waals surface area contributed by atoms with Gasteiger partial charge in [-0.05, 0) is 29.3 Å². The lowest BCUT2D eigenvalue weighted by atomic mass is 9.90. The minimum atomic E-state index is -4.50. The summed E-state index contributed by atoms with van der Waals surface area (Å²) in [7, 11) is -4.50. The molecule has 26 heavy (non-hydrogen) atoms. The van der Waals surface area contributed by atoms with Gasteiger partial charge in [0.25, 0.3) is 10.0 Å². The first kappa shape index (κ1) is 17.8. The number of aliphatic carboxylic acids is 1. The number of aliphatic hydroxyl groups is 1. The molecule has 2 unspecified atom stereocenters. The van der Waals surface area contributed by atoms with Gasteiger partial charge in [-0.25, -0.2) is 13.4 Å². The largest absolute Gasteiger partial charge is 0.481 e. The molecule has 0 bridgehead atoms. The van der Waals surface area contributed by atoms with Crippen molar-refractivity contribution < 1.29 is 23.4 Å². The summed E-state index contributed by atoms with van der Waals surface area (Å²) in [5, 5.41) is 20.3. The third-order valence-corrected chi connectivity index (χ3v) is 5.73. The number of sulfonamides is 1. The van der Waals surface area contributed by atoms with Gasteiger partial charge in [-0.3, -0.25) is 9.52 Å². The third kappa shape index (κ3) is 3.24. The van der Waals surface area contributed by atoms with Crippen LogP contribution in [-0.4, -0.2) is 34.5 Å². The van der Waals surface area contributed by atoms with Crippen molar-refractivity contribution in [1.82, 2.24) is 4.98 Å². The number of hydrogen-bond acceptors (Lipinski definition) is 5. The van der Waals surface area contributed by atoms with Crippen LogP contribution in [0.5, 0.6) is 0 Å². The second-order valence-corrected chi connectivity index (χ2v) is 7.57. The second-order valence-electron chi connectivity index (χ2n) is 5.71. The van der Waals surface area contributed by atoms with Gasteiger partial charge in [-0.15, -0.1) is 0 Å². The number of carboxylic acids is 1. The average Bonchev–Trinajstić information content (AvgIpc) is 2.63. The molecular formula is C18H16N2O5S. The van der Waals surface area contributed by atoms with Crippen molar-refractivity contribution in [3.8, 4) is 0 Å². The Kier molecular flexibility index (Phi) is 4.62. The molecule has 2 atom stereocenters. The summed E-state index contributed by atoms with van der Waals surface area (Å²) in [5.41, 5.74) is 1.22. The molecule has 1 aliphatic rings. The van der Waals surface area contributed by atoms with Crippen molar-refractivity contribution in [2.45, 2.75) is 4.93 Å². The Bertz CT molecular complexity index is 971. The summed E-state index contributed by atoms with van der Waals surface area (Å²) in [6.07, 6.45) is 4.99. The Morgan fingerprint density at radius 3 is 2.42 bits per heavy atom. The third-order valence-electron chi connectivity index (χ3n) is 4.00. The second kappa shape index (κ2) is 6.74. The minimum Gasteiger partial charge on any atom is -0.481 e. The summed E-state index contributed by atoms with van der Waals surface area (Å²) >= 11 is 0. The molecule has 8 heteroatoms. The van der Waals surface area contributed by atoms with Crippen LogP contribution in [0.25, 0.3) is 5.57 Å². The number of anilines is 1. The predicted molar refractivity (Wildman–Crippen MR) is 96.4 cm³/mol. The lowest BCUT2D eigenvalue weighted by Crippen LogP contribution is -2.50. The van der Waals surface area contributed by atoms with E-state index >= 15 is 0 Å². The number of benzene rings is 1. The topological polar surface area (TPSA) is 117 Å². The molecule has 0 fully saturated rings. The summed E-state index contributed by atoms with van der Waals surface area (Å²) in [5.74, 6) is -3.17. The van der Waals surface area contributed by atoms with Gasteiger partial charge in [0.1, 0.15) is 11.7 Å². The smallest absolute Gasteiger partial charge is 0.314 e.